The molecule has 128 valence electrons. The molecule has 0 saturated heterocycles. The van der Waals surface area contributed by atoms with Crippen LogP contribution in [0.2, 0.25) is 5.02 Å². The van der Waals surface area contributed by atoms with Crippen molar-refractivity contribution < 1.29 is 18.8 Å². The molecule has 3 rings (SSSR count). The van der Waals surface area contributed by atoms with Crippen LogP contribution in [0.5, 0.6) is 5.75 Å². The number of hydrogen-bond acceptors (Lipinski definition) is 6. The van der Waals surface area contributed by atoms with Gasteiger partial charge in [-0.15, -0.1) is 0 Å². The molecule has 0 fully saturated rings. The normalized spacial score (nSPS) is 10.5. The van der Waals surface area contributed by atoms with E-state index >= 15 is 0 Å². The Bertz CT molecular complexity index is 844. The van der Waals surface area contributed by atoms with Crippen molar-refractivity contribution in [3.63, 3.8) is 0 Å². The van der Waals surface area contributed by atoms with Crippen LogP contribution < -0.4 is 4.74 Å². The summed E-state index contributed by atoms with van der Waals surface area (Å²) in [4.78, 5) is 15.9. The van der Waals surface area contributed by atoms with Crippen molar-refractivity contribution in [3.8, 4) is 17.1 Å². The van der Waals surface area contributed by atoms with E-state index < -0.39 is 0 Å². The molecular formula is C18H15ClN2O4. The number of esters is 1. The van der Waals surface area contributed by atoms with Crippen molar-refractivity contribution in [2.45, 2.75) is 13.5 Å². The van der Waals surface area contributed by atoms with Gasteiger partial charge in [0.15, 0.2) is 6.61 Å². The summed E-state index contributed by atoms with van der Waals surface area (Å²) in [6.45, 7) is 2.22. The van der Waals surface area contributed by atoms with Crippen LogP contribution in [-0.4, -0.2) is 22.7 Å². The minimum atomic E-state index is -0.362. The molecule has 0 aliphatic rings. The third-order valence-corrected chi connectivity index (χ3v) is 3.55. The lowest BCUT2D eigenvalue weighted by Crippen LogP contribution is -2.04. The molecule has 0 aliphatic carbocycles. The molecule has 0 spiro atoms. The molecule has 7 heteroatoms. The van der Waals surface area contributed by atoms with E-state index in [0.29, 0.717) is 34.7 Å². The predicted octanol–water partition coefficient (Wildman–Crippen LogP) is 4.15. The highest BCUT2D eigenvalue weighted by molar-refractivity contribution is 6.30. The number of aromatic nitrogens is 2. The lowest BCUT2D eigenvalue weighted by Gasteiger charge is -2.05. The van der Waals surface area contributed by atoms with Crippen molar-refractivity contribution >= 4 is 17.6 Å². The highest BCUT2D eigenvalue weighted by Crippen LogP contribution is 2.19. The van der Waals surface area contributed by atoms with Crippen LogP contribution >= 0.6 is 11.6 Å². The lowest BCUT2D eigenvalue weighted by atomic mass is 10.2. The van der Waals surface area contributed by atoms with Crippen LogP contribution in [-0.2, 0) is 11.3 Å². The van der Waals surface area contributed by atoms with Gasteiger partial charge in [0.25, 0.3) is 5.89 Å². The minimum absolute atomic E-state index is 0.124. The highest BCUT2D eigenvalue weighted by Gasteiger charge is 2.10. The first kappa shape index (κ1) is 17.0. The Balaban J connectivity index is 1.60. The van der Waals surface area contributed by atoms with Crippen LogP contribution in [0, 0.1) is 0 Å². The third kappa shape index (κ3) is 4.36. The molecule has 25 heavy (non-hydrogen) atoms. The van der Waals surface area contributed by atoms with Crippen molar-refractivity contribution in [2.24, 2.45) is 0 Å². The first-order chi connectivity index (χ1) is 12.2. The van der Waals surface area contributed by atoms with E-state index in [4.69, 9.17) is 25.6 Å². The molecule has 0 unspecified atom stereocenters. The van der Waals surface area contributed by atoms with Gasteiger partial charge in [0.1, 0.15) is 5.75 Å². The molecule has 1 heterocycles. The average molecular weight is 359 g/mol. The Labute approximate surface area is 149 Å². The Kier molecular flexibility index (Phi) is 5.30. The second-order valence-corrected chi connectivity index (χ2v) is 5.49. The molecule has 1 aromatic heterocycles. The maximum atomic E-state index is 11.6. The van der Waals surface area contributed by atoms with Crippen molar-refractivity contribution in [2.75, 3.05) is 6.61 Å². The number of benzene rings is 2. The Morgan fingerprint density at radius 2 is 1.84 bits per heavy atom. The smallest absolute Gasteiger partial charge is 0.338 e. The van der Waals surface area contributed by atoms with Crippen LogP contribution in [0.3, 0.4) is 0 Å². The van der Waals surface area contributed by atoms with Crippen LogP contribution in [0.1, 0.15) is 23.2 Å². The minimum Gasteiger partial charge on any atom is -0.484 e. The summed E-state index contributed by atoms with van der Waals surface area (Å²) < 4.78 is 15.7. The first-order valence-corrected chi connectivity index (χ1v) is 8.02. The van der Waals surface area contributed by atoms with Crippen LogP contribution in [0.4, 0.5) is 0 Å². The number of halogens is 1. The molecule has 6 nitrogen and oxygen atoms in total. The zero-order chi connectivity index (χ0) is 17.6. The lowest BCUT2D eigenvalue weighted by molar-refractivity contribution is 0.0526. The van der Waals surface area contributed by atoms with E-state index in [9.17, 15) is 4.79 Å². The van der Waals surface area contributed by atoms with E-state index in [-0.39, 0.29) is 12.6 Å². The molecule has 0 N–H and O–H groups in total. The predicted molar refractivity (Wildman–Crippen MR) is 91.5 cm³/mol. The summed E-state index contributed by atoms with van der Waals surface area (Å²) in [6.07, 6.45) is 0. The van der Waals surface area contributed by atoms with E-state index in [1.165, 1.54) is 0 Å². The standard InChI is InChI=1S/C18H15ClN2O4/c1-2-23-18(22)13-5-9-15(10-6-13)24-11-16-20-17(21-25-16)12-3-7-14(19)8-4-12/h3-10H,2,11H2,1H3. The maximum absolute atomic E-state index is 11.6. The fourth-order valence-corrected chi connectivity index (χ4v) is 2.20. The quantitative estimate of drug-likeness (QED) is 0.616. The number of carbonyl (C=O) groups excluding carboxylic acids is 1. The second kappa shape index (κ2) is 7.81. The van der Waals surface area contributed by atoms with E-state index in [2.05, 4.69) is 10.1 Å². The molecule has 0 radical (unpaired) electrons. The van der Waals surface area contributed by atoms with Gasteiger partial charge in [-0.25, -0.2) is 4.79 Å². The number of ether oxygens (including phenoxy) is 2. The van der Waals surface area contributed by atoms with Gasteiger partial charge in [-0.05, 0) is 55.5 Å². The SMILES string of the molecule is CCOC(=O)c1ccc(OCc2nc(-c3ccc(Cl)cc3)no2)cc1. The average Bonchev–Trinajstić information content (AvgIpc) is 3.10. The maximum Gasteiger partial charge on any atom is 0.338 e. The van der Waals surface area contributed by atoms with Gasteiger partial charge in [-0.2, -0.15) is 4.98 Å². The zero-order valence-corrected chi connectivity index (χ0v) is 14.2. The topological polar surface area (TPSA) is 74.5 Å². The molecule has 0 bridgehead atoms. The molecule has 0 atom stereocenters. The summed E-state index contributed by atoms with van der Waals surface area (Å²) in [7, 11) is 0. The fourth-order valence-electron chi connectivity index (χ4n) is 2.08. The van der Waals surface area contributed by atoms with Crippen molar-refractivity contribution in [3.05, 3.63) is 65.0 Å². The van der Waals surface area contributed by atoms with Gasteiger partial charge in [-0.3, -0.25) is 0 Å². The largest absolute Gasteiger partial charge is 0.484 e. The van der Waals surface area contributed by atoms with Gasteiger partial charge >= 0.3 is 5.97 Å². The zero-order valence-electron chi connectivity index (χ0n) is 13.4. The summed E-state index contributed by atoms with van der Waals surface area (Å²) in [5, 5.41) is 4.56. The second-order valence-electron chi connectivity index (χ2n) is 5.05. The number of nitrogens with zero attached hydrogens (tertiary/aromatic N) is 2. The van der Waals surface area contributed by atoms with E-state index in [0.717, 1.165) is 5.56 Å². The Morgan fingerprint density at radius 1 is 1.12 bits per heavy atom. The summed E-state index contributed by atoms with van der Waals surface area (Å²) in [5.41, 5.74) is 1.27. The van der Waals surface area contributed by atoms with Gasteiger partial charge < -0.3 is 14.0 Å². The van der Waals surface area contributed by atoms with Crippen molar-refractivity contribution in [1.29, 1.82) is 0 Å². The third-order valence-electron chi connectivity index (χ3n) is 3.30. The first-order valence-electron chi connectivity index (χ1n) is 7.64. The van der Waals surface area contributed by atoms with Gasteiger partial charge in [0.05, 0.1) is 12.2 Å². The van der Waals surface area contributed by atoms with Crippen LogP contribution in [0.25, 0.3) is 11.4 Å². The monoisotopic (exact) mass is 358 g/mol. The highest BCUT2D eigenvalue weighted by atomic mass is 35.5. The summed E-state index contributed by atoms with van der Waals surface area (Å²) in [5.74, 6) is 1.03. The van der Waals surface area contributed by atoms with E-state index in [1.807, 2.05) is 12.1 Å². The Hall–Kier alpha value is -2.86. The number of rotatable bonds is 6. The van der Waals surface area contributed by atoms with Gasteiger partial charge in [0, 0.05) is 10.6 Å². The summed E-state index contributed by atoms with van der Waals surface area (Å²) in [6, 6.07) is 13.8. The van der Waals surface area contributed by atoms with Crippen LogP contribution in [0.15, 0.2) is 53.1 Å². The fraction of sp³-hybridized carbons (Fsp3) is 0.167. The number of hydrogen-bond donors (Lipinski definition) is 0. The number of carbonyl (C=O) groups is 1. The molecular weight excluding hydrogens is 344 g/mol. The van der Waals surface area contributed by atoms with Crippen molar-refractivity contribution in [1.82, 2.24) is 10.1 Å². The molecule has 0 aliphatic heterocycles. The van der Waals surface area contributed by atoms with Gasteiger partial charge in [0.2, 0.25) is 5.82 Å². The molecule has 0 amide bonds. The molecule has 0 saturated carbocycles. The summed E-state index contributed by atoms with van der Waals surface area (Å²) >= 11 is 5.86. The van der Waals surface area contributed by atoms with E-state index in [1.54, 1.807) is 43.3 Å². The molecule has 2 aromatic carbocycles. The molecule has 3 aromatic rings. The van der Waals surface area contributed by atoms with Gasteiger partial charge in [-0.1, -0.05) is 16.8 Å². The Morgan fingerprint density at radius 3 is 2.52 bits per heavy atom.